The fourth-order valence-corrected chi connectivity index (χ4v) is 5.11. The van der Waals surface area contributed by atoms with E-state index < -0.39 is 12.2 Å². The van der Waals surface area contributed by atoms with Gasteiger partial charge in [-0.1, -0.05) is 6.07 Å². The zero-order valence-electron chi connectivity index (χ0n) is 22.4. The minimum atomic E-state index is -2.85. The van der Waals surface area contributed by atoms with Crippen LogP contribution in [0.25, 0.3) is 17.0 Å². The second-order valence-corrected chi connectivity index (χ2v) is 9.82. The number of morpholine rings is 3. The van der Waals surface area contributed by atoms with Gasteiger partial charge in [0.15, 0.2) is 5.82 Å². The number of benzene rings is 1. The van der Waals surface area contributed by atoms with Crippen LogP contribution >= 0.6 is 0 Å². The first-order chi connectivity index (χ1) is 19.7. The summed E-state index contributed by atoms with van der Waals surface area (Å²) in [4.78, 5) is 24.7. The van der Waals surface area contributed by atoms with Gasteiger partial charge in [0.2, 0.25) is 17.8 Å². The number of fused-ring (bicyclic) bond motifs is 1. The maximum atomic E-state index is 14.4. The van der Waals surface area contributed by atoms with E-state index in [0.717, 1.165) is 39.3 Å². The molecular formula is C26H34F2N8O4. The van der Waals surface area contributed by atoms with E-state index in [2.05, 4.69) is 19.9 Å². The number of anilines is 2. The Labute approximate surface area is 230 Å². The third-order valence-corrected chi connectivity index (χ3v) is 7.24. The largest absolute Gasteiger partial charge is 0.491 e. The molecule has 0 bridgehead atoms. The fourth-order valence-electron chi connectivity index (χ4n) is 5.11. The van der Waals surface area contributed by atoms with Crippen molar-refractivity contribution >= 4 is 22.9 Å². The number of para-hydroxylation sites is 1. The van der Waals surface area contributed by atoms with Crippen molar-refractivity contribution in [1.82, 2.24) is 29.4 Å². The third-order valence-electron chi connectivity index (χ3n) is 7.24. The van der Waals surface area contributed by atoms with Gasteiger partial charge in [-0.15, -0.1) is 0 Å². The van der Waals surface area contributed by atoms with Crippen molar-refractivity contribution in [3.8, 4) is 11.7 Å². The molecule has 0 atom stereocenters. The Morgan fingerprint density at radius 2 is 1.32 bits per heavy atom. The van der Waals surface area contributed by atoms with Gasteiger partial charge < -0.3 is 28.7 Å². The topological polar surface area (TPSA) is 103 Å². The van der Waals surface area contributed by atoms with Crippen LogP contribution in [-0.4, -0.2) is 121 Å². The quantitative estimate of drug-likeness (QED) is 0.359. The SMILES string of the molecule is FC(F)c1nc2c(OCCCN3CCOCC3)cccc2n1-c1nc(N2CCOCC2)nc(N2CCOCC2)n1. The van der Waals surface area contributed by atoms with E-state index in [9.17, 15) is 8.78 Å². The fraction of sp³-hybridized carbons (Fsp3) is 0.615. The maximum Gasteiger partial charge on any atom is 0.296 e. The lowest BCUT2D eigenvalue weighted by molar-refractivity contribution is 0.0358. The molecule has 3 saturated heterocycles. The van der Waals surface area contributed by atoms with Crippen LogP contribution in [0.3, 0.4) is 0 Å². The van der Waals surface area contributed by atoms with E-state index in [1.807, 2.05) is 9.80 Å². The first-order valence-corrected chi connectivity index (χ1v) is 13.8. The molecule has 3 fully saturated rings. The van der Waals surface area contributed by atoms with E-state index in [-0.39, 0.29) is 5.95 Å². The summed E-state index contributed by atoms with van der Waals surface area (Å²) in [6.07, 6.45) is -2.05. The van der Waals surface area contributed by atoms with Gasteiger partial charge in [0.1, 0.15) is 11.3 Å². The van der Waals surface area contributed by atoms with Gasteiger partial charge in [0.25, 0.3) is 6.43 Å². The van der Waals surface area contributed by atoms with Gasteiger partial charge in [-0.25, -0.2) is 13.8 Å². The molecule has 2 aromatic heterocycles. The molecule has 40 heavy (non-hydrogen) atoms. The van der Waals surface area contributed by atoms with Crippen LogP contribution in [0.1, 0.15) is 18.7 Å². The number of nitrogens with zero attached hydrogens (tertiary/aromatic N) is 8. The van der Waals surface area contributed by atoms with Crippen molar-refractivity contribution in [2.45, 2.75) is 12.8 Å². The molecule has 0 amide bonds. The third kappa shape index (κ3) is 5.94. The minimum Gasteiger partial charge on any atom is -0.491 e. The van der Waals surface area contributed by atoms with E-state index in [1.54, 1.807) is 18.2 Å². The van der Waals surface area contributed by atoms with Crippen molar-refractivity contribution < 1.29 is 27.7 Å². The summed E-state index contributed by atoms with van der Waals surface area (Å²) in [7, 11) is 0. The highest BCUT2D eigenvalue weighted by molar-refractivity contribution is 5.84. The number of rotatable bonds is 9. The van der Waals surface area contributed by atoms with Crippen molar-refractivity contribution in [2.75, 3.05) is 102 Å². The first-order valence-electron chi connectivity index (χ1n) is 13.8. The van der Waals surface area contributed by atoms with Gasteiger partial charge >= 0.3 is 0 Å². The zero-order valence-corrected chi connectivity index (χ0v) is 22.4. The van der Waals surface area contributed by atoms with Crippen LogP contribution in [0.15, 0.2) is 18.2 Å². The first kappa shape index (κ1) is 27.0. The van der Waals surface area contributed by atoms with Gasteiger partial charge in [0, 0.05) is 45.8 Å². The summed E-state index contributed by atoms with van der Waals surface area (Å²) >= 11 is 0. The summed E-state index contributed by atoms with van der Waals surface area (Å²) < 4.78 is 52.6. The van der Waals surface area contributed by atoms with Crippen LogP contribution in [0, 0.1) is 0 Å². The number of ether oxygens (including phenoxy) is 4. The van der Waals surface area contributed by atoms with Gasteiger partial charge in [0.05, 0.1) is 51.8 Å². The summed E-state index contributed by atoms with van der Waals surface area (Å²) in [6.45, 7) is 9.17. The Morgan fingerprint density at radius 3 is 1.93 bits per heavy atom. The number of hydrogen-bond acceptors (Lipinski definition) is 11. The molecule has 12 nitrogen and oxygen atoms in total. The zero-order chi connectivity index (χ0) is 27.3. The van der Waals surface area contributed by atoms with Crippen molar-refractivity contribution in [3.05, 3.63) is 24.0 Å². The molecule has 0 spiro atoms. The Bertz CT molecular complexity index is 1240. The van der Waals surface area contributed by atoms with Gasteiger partial charge in [-0.05, 0) is 18.6 Å². The van der Waals surface area contributed by atoms with E-state index >= 15 is 0 Å². The highest BCUT2D eigenvalue weighted by Gasteiger charge is 2.27. The lowest BCUT2D eigenvalue weighted by Gasteiger charge is -2.30. The number of aromatic nitrogens is 5. The Hall–Kier alpha value is -3.20. The minimum absolute atomic E-state index is 0.0975. The molecule has 5 heterocycles. The molecule has 0 unspecified atom stereocenters. The summed E-state index contributed by atoms with van der Waals surface area (Å²) in [5, 5.41) is 0. The standard InChI is InChI=1S/C26H34F2N8O4/c27-22(28)23-29-21-19(3-1-4-20(21)40-12-2-5-33-6-13-37-14-7-33)36(23)26-31-24(34-8-15-38-16-9-34)30-25(32-26)35-10-17-39-18-11-35/h1,3-4,22H,2,5-18H2. The molecule has 3 aliphatic rings. The highest BCUT2D eigenvalue weighted by Crippen LogP contribution is 2.32. The van der Waals surface area contributed by atoms with Crippen LogP contribution < -0.4 is 14.5 Å². The Kier molecular flexibility index (Phi) is 8.46. The van der Waals surface area contributed by atoms with Crippen LogP contribution in [0.2, 0.25) is 0 Å². The molecule has 3 aliphatic heterocycles. The van der Waals surface area contributed by atoms with Crippen LogP contribution in [-0.2, 0) is 14.2 Å². The Morgan fingerprint density at radius 1 is 0.750 bits per heavy atom. The van der Waals surface area contributed by atoms with Crippen molar-refractivity contribution in [2.24, 2.45) is 0 Å². The lowest BCUT2D eigenvalue weighted by atomic mass is 10.3. The number of hydrogen-bond donors (Lipinski definition) is 0. The molecule has 0 aliphatic carbocycles. The smallest absolute Gasteiger partial charge is 0.296 e. The van der Waals surface area contributed by atoms with Gasteiger partial charge in [-0.2, -0.15) is 15.0 Å². The molecule has 1 aromatic carbocycles. The predicted molar refractivity (Wildman–Crippen MR) is 143 cm³/mol. The monoisotopic (exact) mass is 560 g/mol. The number of alkyl halides is 2. The van der Waals surface area contributed by atoms with Gasteiger partial charge in [-0.3, -0.25) is 9.47 Å². The van der Waals surface area contributed by atoms with E-state index in [1.165, 1.54) is 4.57 Å². The summed E-state index contributed by atoms with van der Waals surface area (Å²) in [6, 6.07) is 5.27. The Balaban J connectivity index is 1.33. The molecule has 0 radical (unpaired) electrons. The molecule has 6 rings (SSSR count). The molecule has 3 aromatic rings. The summed E-state index contributed by atoms with van der Waals surface area (Å²) in [5.41, 5.74) is 0.804. The van der Waals surface area contributed by atoms with E-state index in [0.29, 0.717) is 87.9 Å². The maximum absolute atomic E-state index is 14.4. The number of imidazole rings is 1. The second-order valence-electron chi connectivity index (χ2n) is 9.82. The normalized spacial score (nSPS) is 19.1. The van der Waals surface area contributed by atoms with Crippen molar-refractivity contribution in [3.63, 3.8) is 0 Å². The summed E-state index contributed by atoms with van der Waals surface area (Å²) in [5.74, 6) is 0.961. The van der Waals surface area contributed by atoms with E-state index in [4.69, 9.17) is 23.9 Å². The van der Waals surface area contributed by atoms with Crippen LogP contribution in [0.5, 0.6) is 5.75 Å². The molecule has 216 valence electrons. The molecule has 14 heteroatoms. The number of halogens is 2. The molecule has 0 N–H and O–H groups in total. The average Bonchev–Trinajstić information content (AvgIpc) is 3.42. The molecular weight excluding hydrogens is 526 g/mol. The predicted octanol–water partition coefficient (Wildman–Crippen LogP) is 1.92. The lowest BCUT2D eigenvalue weighted by Crippen LogP contribution is -2.40. The second kappa shape index (κ2) is 12.5. The van der Waals surface area contributed by atoms with Crippen LogP contribution in [0.4, 0.5) is 20.7 Å². The average molecular weight is 561 g/mol. The molecule has 0 saturated carbocycles. The van der Waals surface area contributed by atoms with Crippen molar-refractivity contribution in [1.29, 1.82) is 0 Å². The highest BCUT2D eigenvalue weighted by atomic mass is 19.3.